The first-order valence-corrected chi connectivity index (χ1v) is 11.1. The average molecular weight is 601 g/mol. The van der Waals surface area contributed by atoms with Gasteiger partial charge in [0.15, 0.2) is 16.6 Å². The third-order valence-corrected chi connectivity index (χ3v) is 6.49. The van der Waals surface area contributed by atoms with Gasteiger partial charge in [0.25, 0.3) is 11.8 Å². The molecule has 0 atom stereocenters. The number of thiocarbonyl (C=S) groups is 1. The first-order valence-electron chi connectivity index (χ1n) is 8.79. The second-order valence-corrected chi connectivity index (χ2v) is 8.97. The van der Waals surface area contributed by atoms with Gasteiger partial charge in [-0.05, 0) is 76.3 Å². The van der Waals surface area contributed by atoms with Crippen LogP contribution in [0.3, 0.4) is 0 Å². The molecule has 0 radical (unpaired) electrons. The zero-order valence-corrected chi connectivity index (χ0v) is 21.0. The number of benzene rings is 2. The molecule has 1 aliphatic rings. The molecule has 0 aromatic heterocycles. The predicted octanol–water partition coefficient (Wildman–Crippen LogP) is 4.24. The monoisotopic (exact) mass is 600 g/mol. The van der Waals surface area contributed by atoms with Gasteiger partial charge in [0.1, 0.15) is 12.2 Å². The Morgan fingerprint density at radius 3 is 2.23 bits per heavy atom. The van der Waals surface area contributed by atoms with E-state index in [0.29, 0.717) is 28.1 Å². The quantitative estimate of drug-likeness (QED) is 0.222. The maximum Gasteiger partial charge on any atom is 0.265 e. The first-order chi connectivity index (χ1) is 14.2. The first kappa shape index (κ1) is 22.7. The van der Waals surface area contributed by atoms with E-state index in [9.17, 15) is 9.59 Å². The maximum absolute atomic E-state index is 12.6. The van der Waals surface area contributed by atoms with Crippen molar-refractivity contribution >= 4 is 73.7 Å². The van der Waals surface area contributed by atoms with E-state index in [-0.39, 0.29) is 10.7 Å². The van der Waals surface area contributed by atoms with Crippen molar-refractivity contribution in [1.82, 2.24) is 9.80 Å². The van der Waals surface area contributed by atoms with Crippen LogP contribution < -0.4 is 9.47 Å². The number of ether oxygens (including phenoxy) is 2. The Kier molecular flexibility index (Phi) is 7.14. The van der Waals surface area contributed by atoms with Crippen LogP contribution in [0, 0.1) is 3.57 Å². The predicted molar refractivity (Wildman–Crippen MR) is 130 cm³/mol. The van der Waals surface area contributed by atoms with Gasteiger partial charge in [0, 0.05) is 22.1 Å². The zero-order valence-electron chi connectivity index (χ0n) is 16.4. The summed E-state index contributed by atoms with van der Waals surface area (Å²) in [5, 5.41) is 0.165. The van der Waals surface area contributed by atoms with E-state index >= 15 is 0 Å². The molecule has 156 valence electrons. The number of hydrogen-bond acceptors (Lipinski definition) is 5. The van der Waals surface area contributed by atoms with Crippen LogP contribution >= 0.6 is 50.7 Å². The van der Waals surface area contributed by atoms with Gasteiger partial charge in [-0.2, -0.15) is 0 Å². The Labute approximate surface area is 202 Å². The van der Waals surface area contributed by atoms with E-state index in [1.54, 1.807) is 26.2 Å². The second-order valence-electron chi connectivity index (χ2n) is 6.51. The summed E-state index contributed by atoms with van der Waals surface area (Å²) in [6.07, 6.45) is 1.52. The Bertz CT molecular complexity index is 1030. The molecule has 0 saturated carbocycles. The molecule has 2 aromatic carbocycles. The van der Waals surface area contributed by atoms with Gasteiger partial charge in [0.2, 0.25) is 0 Å². The molecule has 3 rings (SSSR count). The molecule has 0 aliphatic carbocycles. The van der Waals surface area contributed by atoms with Crippen molar-refractivity contribution < 1.29 is 19.1 Å². The molecule has 1 aliphatic heterocycles. The zero-order chi connectivity index (χ0) is 22.0. The summed E-state index contributed by atoms with van der Waals surface area (Å²) < 4.78 is 13.2. The highest BCUT2D eigenvalue weighted by Crippen LogP contribution is 2.35. The lowest BCUT2D eigenvalue weighted by atomic mass is 10.1. The largest absolute Gasteiger partial charge is 0.493 e. The van der Waals surface area contributed by atoms with Crippen LogP contribution in [-0.4, -0.2) is 47.9 Å². The molecular formula is C21H18BrIN2O4S. The number of nitrogens with zero attached hydrogens (tertiary/aromatic N) is 2. The SMILES string of the molecule is COc1cc(C=C2C(=O)N(C)C(=S)N(C)C2=O)c(Br)cc1OCc1ccc(I)cc1. The normalized spacial score (nSPS) is 14.3. The number of carbonyl (C=O) groups is 2. The van der Waals surface area contributed by atoms with Gasteiger partial charge in [-0.25, -0.2) is 0 Å². The van der Waals surface area contributed by atoms with Gasteiger partial charge in [-0.15, -0.1) is 0 Å². The second kappa shape index (κ2) is 9.44. The summed E-state index contributed by atoms with van der Waals surface area (Å²) in [6, 6.07) is 11.5. The third kappa shape index (κ3) is 4.68. The molecule has 30 heavy (non-hydrogen) atoms. The summed E-state index contributed by atoms with van der Waals surface area (Å²) in [5.74, 6) is 0.131. The molecular weight excluding hydrogens is 583 g/mol. The number of methoxy groups -OCH3 is 1. The summed E-state index contributed by atoms with van der Waals surface area (Å²) in [7, 11) is 4.62. The fraction of sp³-hybridized carbons (Fsp3) is 0.190. The van der Waals surface area contributed by atoms with Crippen LogP contribution in [0.15, 0.2) is 46.4 Å². The summed E-state index contributed by atoms with van der Waals surface area (Å²) in [6.45, 7) is 0.379. The van der Waals surface area contributed by atoms with Crippen LogP contribution in [0.4, 0.5) is 0 Å². The van der Waals surface area contributed by atoms with Gasteiger partial charge in [-0.1, -0.05) is 28.1 Å². The maximum atomic E-state index is 12.6. The van der Waals surface area contributed by atoms with E-state index in [1.165, 1.54) is 23.0 Å². The van der Waals surface area contributed by atoms with Gasteiger partial charge in [0.05, 0.1) is 7.11 Å². The van der Waals surface area contributed by atoms with Crippen LogP contribution in [0.2, 0.25) is 0 Å². The molecule has 9 heteroatoms. The Morgan fingerprint density at radius 1 is 1.07 bits per heavy atom. The van der Waals surface area contributed by atoms with Crippen molar-refractivity contribution in [2.24, 2.45) is 0 Å². The highest BCUT2D eigenvalue weighted by atomic mass is 127. The molecule has 2 amide bonds. The topological polar surface area (TPSA) is 59.1 Å². The minimum atomic E-state index is -0.451. The molecule has 1 saturated heterocycles. The number of amides is 2. The van der Waals surface area contributed by atoms with E-state index in [0.717, 1.165) is 9.13 Å². The van der Waals surface area contributed by atoms with E-state index < -0.39 is 11.8 Å². The van der Waals surface area contributed by atoms with Crippen LogP contribution in [0.25, 0.3) is 6.08 Å². The van der Waals surface area contributed by atoms with E-state index in [4.69, 9.17) is 21.7 Å². The fourth-order valence-electron chi connectivity index (χ4n) is 2.81. The molecule has 6 nitrogen and oxygen atoms in total. The molecule has 2 aromatic rings. The molecule has 0 bridgehead atoms. The van der Waals surface area contributed by atoms with Crippen molar-refractivity contribution in [1.29, 1.82) is 0 Å². The summed E-state index contributed by atoms with van der Waals surface area (Å²) >= 11 is 10.9. The van der Waals surface area contributed by atoms with Gasteiger partial charge >= 0.3 is 0 Å². The van der Waals surface area contributed by atoms with Crippen LogP contribution in [0.1, 0.15) is 11.1 Å². The standard InChI is InChI=1S/C21H18BrIN2O4S/c1-24-19(26)15(20(27)25(2)21(24)30)8-13-9-17(28-3)18(10-16(13)22)29-11-12-4-6-14(23)7-5-12/h4-10H,11H2,1-3H3. The Hall–Kier alpha value is -1.98. The van der Waals surface area contributed by atoms with Gasteiger partial charge < -0.3 is 9.47 Å². The molecule has 0 spiro atoms. The smallest absolute Gasteiger partial charge is 0.265 e. The Morgan fingerprint density at radius 2 is 1.67 bits per heavy atom. The number of halogens is 2. The fourth-order valence-corrected chi connectivity index (χ4v) is 3.77. The lowest BCUT2D eigenvalue weighted by Gasteiger charge is -2.31. The van der Waals surface area contributed by atoms with Crippen molar-refractivity contribution in [3.8, 4) is 11.5 Å². The summed E-state index contributed by atoms with van der Waals surface area (Å²) in [4.78, 5) is 27.7. The molecule has 1 fully saturated rings. The van der Waals surface area contributed by atoms with E-state index in [1.807, 2.05) is 24.3 Å². The number of hydrogen-bond donors (Lipinski definition) is 0. The van der Waals surface area contributed by atoms with Crippen molar-refractivity contribution in [2.75, 3.05) is 21.2 Å². The Balaban J connectivity index is 1.90. The molecule has 0 unspecified atom stereocenters. The van der Waals surface area contributed by atoms with Crippen molar-refractivity contribution in [3.63, 3.8) is 0 Å². The van der Waals surface area contributed by atoms with Crippen LogP contribution in [-0.2, 0) is 16.2 Å². The highest BCUT2D eigenvalue weighted by molar-refractivity contribution is 14.1. The lowest BCUT2D eigenvalue weighted by molar-refractivity contribution is -0.132. The number of likely N-dealkylation sites (N-methyl/N-ethyl adjacent to an activating group) is 2. The van der Waals surface area contributed by atoms with Crippen LogP contribution in [0.5, 0.6) is 11.5 Å². The molecule has 1 heterocycles. The minimum absolute atomic E-state index is 0.0175. The number of rotatable bonds is 5. The molecule has 0 N–H and O–H groups in total. The van der Waals surface area contributed by atoms with Crippen molar-refractivity contribution in [3.05, 3.63) is 61.1 Å². The average Bonchev–Trinajstić information content (AvgIpc) is 2.74. The van der Waals surface area contributed by atoms with Crippen molar-refractivity contribution in [2.45, 2.75) is 6.61 Å². The lowest BCUT2D eigenvalue weighted by Crippen LogP contribution is -2.52. The van der Waals surface area contributed by atoms with Gasteiger partial charge in [-0.3, -0.25) is 19.4 Å². The highest BCUT2D eigenvalue weighted by Gasteiger charge is 2.35. The number of carbonyl (C=O) groups excluding carboxylic acids is 2. The van der Waals surface area contributed by atoms with E-state index in [2.05, 4.69) is 38.5 Å². The summed E-state index contributed by atoms with van der Waals surface area (Å²) in [5.41, 5.74) is 1.66. The minimum Gasteiger partial charge on any atom is -0.493 e. The third-order valence-electron chi connectivity index (χ3n) is 4.53.